The summed E-state index contributed by atoms with van der Waals surface area (Å²) in [5, 5.41) is 9.72. The van der Waals surface area contributed by atoms with Crippen LogP contribution in [0.4, 0.5) is 16.3 Å². The lowest BCUT2D eigenvalue weighted by Crippen LogP contribution is -2.39. The van der Waals surface area contributed by atoms with Gasteiger partial charge in [-0.1, -0.05) is 0 Å². The van der Waals surface area contributed by atoms with Crippen LogP contribution < -0.4 is 11.1 Å². The number of amides is 3. The molecule has 0 unspecified atom stereocenters. The first-order valence-electron chi connectivity index (χ1n) is 8.61. The molecule has 2 heterocycles. The van der Waals surface area contributed by atoms with Gasteiger partial charge in [-0.3, -0.25) is 4.79 Å². The summed E-state index contributed by atoms with van der Waals surface area (Å²) in [5.74, 6) is -0.878. The van der Waals surface area contributed by atoms with Crippen molar-refractivity contribution < 1.29 is 23.7 Å². The second-order valence-corrected chi connectivity index (χ2v) is 6.13. The molecule has 3 rings (SSSR count). The number of hydrogen-bond acceptors (Lipinski definition) is 8. The standard InChI is InChI=1S/C17H20N6O5/c1-27-16(25)11-3-5-12(6-4-11)19-17(26)23-8-2-7-22(9-10-23)15(24)13-14(18)21-28-20-13/h3-6H,2,7-10H2,1H3,(H2,18,21)(H,19,26). The number of anilines is 2. The van der Waals surface area contributed by atoms with Crippen molar-refractivity contribution in [3.8, 4) is 0 Å². The number of nitrogens with two attached hydrogens (primary N) is 1. The summed E-state index contributed by atoms with van der Waals surface area (Å²) in [6.45, 7) is 1.63. The van der Waals surface area contributed by atoms with Crippen molar-refractivity contribution in [2.24, 2.45) is 0 Å². The van der Waals surface area contributed by atoms with E-state index in [9.17, 15) is 14.4 Å². The van der Waals surface area contributed by atoms with E-state index in [1.165, 1.54) is 7.11 Å². The molecular formula is C17H20N6O5. The van der Waals surface area contributed by atoms with Crippen molar-refractivity contribution in [3.05, 3.63) is 35.5 Å². The third-order valence-electron chi connectivity index (χ3n) is 4.34. The highest BCUT2D eigenvalue weighted by atomic mass is 16.6. The van der Waals surface area contributed by atoms with Crippen LogP contribution in [0.1, 0.15) is 27.3 Å². The van der Waals surface area contributed by atoms with Gasteiger partial charge < -0.3 is 25.6 Å². The van der Waals surface area contributed by atoms with E-state index in [4.69, 9.17) is 5.73 Å². The molecule has 1 aromatic heterocycles. The maximum Gasteiger partial charge on any atom is 0.337 e. The molecule has 0 aliphatic carbocycles. The van der Waals surface area contributed by atoms with Gasteiger partial charge in [0.2, 0.25) is 11.5 Å². The predicted molar refractivity (Wildman–Crippen MR) is 97.6 cm³/mol. The van der Waals surface area contributed by atoms with Crippen molar-refractivity contribution >= 4 is 29.4 Å². The number of hydrogen-bond donors (Lipinski definition) is 2. The number of carbonyl (C=O) groups excluding carboxylic acids is 3. The van der Waals surface area contributed by atoms with Crippen molar-refractivity contribution in [2.45, 2.75) is 6.42 Å². The lowest BCUT2D eigenvalue weighted by Gasteiger charge is -2.22. The van der Waals surface area contributed by atoms with Gasteiger partial charge in [-0.25, -0.2) is 14.2 Å². The second-order valence-electron chi connectivity index (χ2n) is 6.13. The number of urea groups is 1. The summed E-state index contributed by atoms with van der Waals surface area (Å²) in [4.78, 5) is 39.6. The van der Waals surface area contributed by atoms with Crippen molar-refractivity contribution in [1.82, 2.24) is 20.1 Å². The SMILES string of the molecule is COC(=O)c1ccc(NC(=O)N2CCCN(C(=O)c3nonc3N)CC2)cc1. The fourth-order valence-electron chi connectivity index (χ4n) is 2.83. The van der Waals surface area contributed by atoms with E-state index in [0.717, 1.165) is 0 Å². The third-order valence-corrected chi connectivity index (χ3v) is 4.34. The average molecular weight is 388 g/mol. The predicted octanol–water partition coefficient (Wildman–Crippen LogP) is 0.818. The number of aromatic nitrogens is 2. The zero-order chi connectivity index (χ0) is 20.1. The number of carbonyl (C=O) groups is 3. The van der Waals surface area contributed by atoms with E-state index in [1.807, 2.05) is 0 Å². The van der Waals surface area contributed by atoms with Gasteiger partial charge in [0.15, 0.2) is 0 Å². The molecule has 2 aromatic rings. The third kappa shape index (κ3) is 4.19. The van der Waals surface area contributed by atoms with Gasteiger partial charge in [0.1, 0.15) is 0 Å². The number of nitrogens with one attached hydrogen (secondary N) is 1. The maximum absolute atomic E-state index is 12.5. The van der Waals surface area contributed by atoms with E-state index >= 15 is 0 Å². The summed E-state index contributed by atoms with van der Waals surface area (Å²) in [6, 6.07) is 6.10. The molecule has 3 N–H and O–H groups in total. The van der Waals surface area contributed by atoms with Crippen LogP contribution in [0.3, 0.4) is 0 Å². The van der Waals surface area contributed by atoms with Crippen LogP contribution >= 0.6 is 0 Å². The van der Waals surface area contributed by atoms with Crippen molar-refractivity contribution in [2.75, 3.05) is 44.3 Å². The molecule has 0 spiro atoms. The number of benzene rings is 1. The number of rotatable bonds is 3. The number of nitrogens with zero attached hydrogens (tertiary/aromatic N) is 4. The zero-order valence-corrected chi connectivity index (χ0v) is 15.3. The lowest BCUT2D eigenvalue weighted by molar-refractivity contribution is 0.0600. The van der Waals surface area contributed by atoms with Gasteiger partial charge in [-0.05, 0) is 41.0 Å². The molecule has 0 radical (unpaired) electrons. The summed E-state index contributed by atoms with van der Waals surface area (Å²) < 4.78 is 9.11. The van der Waals surface area contributed by atoms with Crippen molar-refractivity contribution in [3.63, 3.8) is 0 Å². The highest BCUT2D eigenvalue weighted by molar-refractivity contribution is 5.96. The minimum Gasteiger partial charge on any atom is -0.465 e. The quantitative estimate of drug-likeness (QED) is 0.735. The maximum atomic E-state index is 12.5. The van der Waals surface area contributed by atoms with Gasteiger partial charge in [0.25, 0.3) is 5.91 Å². The van der Waals surface area contributed by atoms with E-state index in [1.54, 1.807) is 34.1 Å². The lowest BCUT2D eigenvalue weighted by atomic mass is 10.2. The molecule has 11 nitrogen and oxygen atoms in total. The first-order valence-corrected chi connectivity index (χ1v) is 8.61. The van der Waals surface area contributed by atoms with Gasteiger partial charge in [0.05, 0.1) is 12.7 Å². The number of esters is 1. The molecule has 11 heteroatoms. The van der Waals surface area contributed by atoms with Crippen LogP contribution in [-0.2, 0) is 4.74 Å². The molecular weight excluding hydrogens is 368 g/mol. The molecule has 1 saturated heterocycles. The summed E-state index contributed by atoms with van der Waals surface area (Å²) >= 11 is 0. The van der Waals surface area contributed by atoms with Crippen LogP contribution in [-0.4, -0.2) is 71.3 Å². The van der Waals surface area contributed by atoms with Gasteiger partial charge in [0, 0.05) is 31.9 Å². The van der Waals surface area contributed by atoms with Gasteiger partial charge >= 0.3 is 12.0 Å². The van der Waals surface area contributed by atoms with Crippen LogP contribution in [0.2, 0.25) is 0 Å². The highest BCUT2D eigenvalue weighted by Crippen LogP contribution is 2.14. The van der Waals surface area contributed by atoms with E-state index < -0.39 is 5.97 Å². The molecule has 0 atom stereocenters. The van der Waals surface area contributed by atoms with Gasteiger partial charge in [-0.15, -0.1) is 0 Å². The Hall–Kier alpha value is -3.63. The fraction of sp³-hybridized carbons (Fsp3) is 0.353. The summed E-state index contributed by atoms with van der Waals surface area (Å²) in [6.07, 6.45) is 0.603. The average Bonchev–Trinajstić information content (AvgIpc) is 2.98. The molecule has 28 heavy (non-hydrogen) atoms. The van der Waals surface area contributed by atoms with Crippen LogP contribution in [0.5, 0.6) is 0 Å². The largest absolute Gasteiger partial charge is 0.465 e. The Balaban J connectivity index is 1.57. The molecule has 0 saturated carbocycles. The Bertz CT molecular complexity index is 865. The highest BCUT2D eigenvalue weighted by Gasteiger charge is 2.26. The van der Waals surface area contributed by atoms with E-state index in [-0.39, 0.29) is 23.5 Å². The molecule has 1 aromatic carbocycles. The minimum atomic E-state index is -0.446. The van der Waals surface area contributed by atoms with Crippen LogP contribution in [0.15, 0.2) is 28.9 Å². The van der Waals surface area contributed by atoms with E-state index in [2.05, 4.69) is 25.0 Å². The minimum absolute atomic E-state index is 0.0244. The Labute approximate surface area is 160 Å². The normalized spacial score (nSPS) is 14.3. The first-order chi connectivity index (χ1) is 13.5. The smallest absolute Gasteiger partial charge is 0.337 e. The molecule has 1 aliphatic rings. The molecule has 1 fully saturated rings. The Kier molecular flexibility index (Phi) is 5.72. The van der Waals surface area contributed by atoms with Crippen LogP contribution in [0, 0.1) is 0 Å². The van der Waals surface area contributed by atoms with E-state index in [0.29, 0.717) is 43.9 Å². The molecule has 3 amide bonds. The topological polar surface area (TPSA) is 144 Å². The second kappa shape index (κ2) is 8.37. The fourth-order valence-corrected chi connectivity index (χ4v) is 2.83. The molecule has 1 aliphatic heterocycles. The van der Waals surface area contributed by atoms with Gasteiger partial charge in [-0.2, -0.15) is 0 Å². The Morgan fingerprint density at radius 3 is 2.39 bits per heavy atom. The first kappa shape index (κ1) is 19.1. The Morgan fingerprint density at radius 2 is 1.75 bits per heavy atom. The number of ether oxygens (including phenoxy) is 1. The summed E-state index contributed by atoms with van der Waals surface area (Å²) in [7, 11) is 1.30. The Morgan fingerprint density at radius 1 is 1.07 bits per heavy atom. The summed E-state index contributed by atoms with van der Waals surface area (Å²) in [5.41, 5.74) is 6.49. The number of methoxy groups -OCH3 is 1. The number of nitrogen functional groups attached to an aromatic ring is 1. The van der Waals surface area contributed by atoms with Crippen molar-refractivity contribution in [1.29, 1.82) is 0 Å². The molecule has 148 valence electrons. The molecule has 0 bridgehead atoms. The monoisotopic (exact) mass is 388 g/mol. The van der Waals surface area contributed by atoms with Crippen LogP contribution in [0.25, 0.3) is 0 Å². The zero-order valence-electron chi connectivity index (χ0n) is 15.3.